The van der Waals surface area contributed by atoms with Crippen molar-refractivity contribution in [3.63, 3.8) is 0 Å². The van der Waals surface area contributed by atoms with Gasteiger partial charge in [0.1, 0.15) is 11.8 Å². The van der Waals surface area contributed by atoms with E-state index in [2.05, 4.69) is 15.5 Å². The number of carbonyl (C=O) groups is 1. The van der Waals surface area contributed by atoms with Crippen molar-refractivity contribution in [2.24, 2.45) is 0 Å². The van der Waals surface area contributed by atoms with Crippen LogP contribution in [-0.4, -0.2) is 37.8 Å². The number of nitrogens with zero attached hydrogens (tertiary/aromatic N) is 4. The van der Waals surface area contributed by atoms with Crippen molar-refractivity contribution < 1.29 is 19.2 Å². The Labute approximate surface area is 226 Å². The molecule has 1 N–H and O–H groups in total. The van der Waals surface area contributed by atoms with Crippen molar-refractivity contribution in [1.82, 2.24) is 20.2 Å². The van der Waals surface area contributed by atoms with Crippen LogP contribution in [0.4, 0.5) is 0 Å². The maximum Gasteiger partial charge on any atom is 0.306 e. The third kappa shape index (κ3) is 6.13. The summed E-state index contributed by atoms with van der Waals surface area (Å²) < 4.78 is 12.4. The van der Waals surface area contributed by atoms with E-state index < -0.39 is 6.10 Å². The Balaban J connectivity index is 1.30. The number of benzene rings is 3. The average Bonchev–Trinajstić information content (AvgIpc) is 3.59. The highest BCUT2D eigenvalue weighted by atomic mass is 16.5. The van der Waals surface area contributed by atoms with Gasteiger partial charge in [-0.2, -0.15) is 0 Å². The second-order valence-corrected chi connectivity index (χ2v) is 9.32. The summed E-state index contributed by atoms with van der Waals surface area (Å²) in [5.41, 5.74) is 6.67. The highest BCUT2D eigenvalue weighted by Crippen LogP contribution is 2.34. The number of hydrogen-bond donors (Lipinski definition) is 1. The Morgan fingerprint density at radius 2 is 1.62 bits per heavy atom. The molecule has 0 spiro atoms. The topological polar surface area (TPSA) is 103 Å². The SMILES string of the molecule is CCOC(=O)CCc1ccc(-c2ccc(-c3onc(C)c3C(O)c3cn(Cc4ccccc4)nn3)cc2)cc1. The zero-order chi connectivity index (χ0) is 27.2. The summed E-state index contributed by atoms with van der Waals surface area (Å²) in [6, 6.07) is 26.0. The summed E-state index contributed by atoms with van der Waals surface area (Å²) in [5, 5.41) is 23.7. The zero-order valence-corrected chi connectivity index (χ0v) is 21.9. The number of esters is 1. The van der Waals surface area contributed by atoms with Crippen LogP contribution >= 0.6 is 0 Å². The summed E-state index contributed by atoms with van der Waals surface area (Å²) in [6.45, 7) is 4.57. The molecule has 0 aliphatic rings. The smallest absolute Gasteiger partial charge is 0.306 e. The minimum atomic E-state index is -1.03. The highest BCUT2D eigenvalue weighted by molar-refractivity contribution is 5.71. The lowest BCUT2D eigenvalue weighted by molar-refractivity contribution is -0.143. The molecule has 2 heterocycles. The van der Waals surface area contributed by atoms with Gasteiger partial charge in [-0.15, -0.1) is 5.10 Å². The van der Waals surface area contributed by atoms with Gasteiger partial charge in [0.25, 0.3) is 0 Å². The van der Waals surface area contributed by atoms with Crippen LogP contribution in [0.5, 0.6) is 0 Å². The van der Waals surface area contributed by atoms with Crippen LogP contribution in [0.2, 0.25) is 0 Å². The number of aliphatic hydroxyl groups is 1. The number of rotatable bonds is 10. The lowest BCUT2D eigenvalue weighted by atomic mass is 9.97. The van der Waals surface area contributed by atoms with Crippen molar-refractivity contribution in [1.29, 1.82) is 0 Å². The van der Waals surface area contributed by atoms with Gasteiger partial charge in [-0.25, -0.2) is 4.68 Å². The molecule has 8 nitrogen and oxygen atoms in total. The lowest BCUT2D eigenvalue weighted by Crippen LogP contribution is -2.05. The number of hydrogen-bond acceptors (Lipinski definition) is 7. The Morgan fingerprint density at radius 3 is 2.31 bits per heavy atom. The van der Waals surface area contributed by atoms with Crippen LogP contribution in [0, 0.1) is 6.92 Å². The van der Waals surface area contributed by atoms with E-state index >= 15 is 0 Å². The molecule has 2 aromatic heterocycles. The molecule has 0 saturated heterocycles. The molecule has 0 bridgehead atoms. The second kappa shape index (κ2) is 11.9. The largest absolute Gasteiger partial charge is 0.466 e. The predicted molar refractivity (Wildman–Crippen MR) is 147 cm³/mol. The van der Waals surface area contributed by atoms with Gasteiger partial charge in [0.2, 0.25) is 0 Å². The van der Waals surface area contributed by atoms with Crippen molar-refractivity contribution in [3.8, 4) is 22.5 Å². The maximum absolute atomic E-state index is 11.6. The average molecular weight is 523 g/mol. The molecule has 0 aliphatic heterocycles. The number of aromatic nitrogens is 4. The molecular weight excluding hydrogens is 492 g/mol. The Morgan fingerprint density at radius 1 is 0.949 bits per heavy atom. The van der Waals surface area contributed by atoms with Crippen LogP contribution in [0.15, 0.2) is 89.6 Å². The molecule has 0 radical (unpaired) electrons. The first-order valence-electron chi connectivity index (χ1n) is 13.0. The summed E-state index contributed by atoms with van der Waals surface area (Å²) in [6.07, 6.45) is 1.73. The fourth-order valence-electron chi connectivity index (χ4n) is 4.50. The highest BCUT2D eigenvalue weighted by Gasteiger charge is 2.25. The van der Waals surface area contributed by atoms with Gasteiger partial charge >= 0.3 is 5.97 Å². The van der Waals surface area contributed by atoms with Crippen LogP contribution in [-0.2, 0) is 22.5 Å². The number of aliphatic hydroxyl groups excluding tert-OH is 1. The van der Waals surface area contributed by atoms with Crippen LogP contribution in [0.1, 0.15) is 47.5 Å². The lowest BCUT2D eigenvalue weighted by Gasteiger charge is -2.09. The third-order valence-electron chi connectivity index (χ3n) is 6.56. The molecule has 0 fully saturated rings. The summed E-state index contributed by atoms with van der Waals surface area (Å²) in [5.74, 6) is 0.319. The maximum atomic E-state index is 11.6. The van der Waals surface area contributed by atoms with Gasteiger partial charge in [-0.1, -0.05) is 89.2 Å². The summed E-state index contributed by atoms with van der Waals surface area (Å²) in [7, 11) is 0. The minimum Gasteiger partial charge on any atom is -0.466 e. The normalized spacial score (nSPS) is 11.9. The molecule has 39 heavy (non-hydrogen) atoms. The first kappa shape index (κ1) is 26.1. The standard InChI is InChI=1S/C31H30N4O4/c1-3-38-28(36)18-11-22-9-12-24(13-10-22)25-14-16-26(17-15-25)31-29(21(2)33-39-31)30(37)27-20-35(34-32-27)19-23-7-5-4-6-8-23/h4-10,12-17,20,30,37H,3,11,18-19H2,1-2H3. The van der Waals surface area contributed by atoms with Crippen molar-refractivity contribution in [2.75, 3.05) is 6.61 Å². The van der Waals surface area contributed by atoms with Crippen LogP contribution in [0.3, 0.4) is 0 Å². The van der Waals surface area contributed by atoms with Gasteiger partial charge in [0.05, 0.1) is 30.6 Å². The molecule has 198 valence electrons. The van der Waals surface area contributed by atoms with Crippen LogP contribution in [0.25, 0.3) is 22.5 Å². The van der Waals surface area contributed by atoms with E-state index in [9.17, 15) is 9.90 Å². The predicted octanol–water partition coefficient (Wildman–Crippen LogP) is 5.53. The molecule has 1 unspecified atom stereocenters. The van der Waals surface area contributed by atoms with Gasteiger partial charge in [0, 0.05) is 12.0 Å². The zero-order valence-electron chi connectivity index (χ0n) is 21.9. The molecule has 0 amide bonds. The first-order valence-corrected chi connectivity index (χ1v) is 13.0. The van der Waals surface area contributed by atoms with Gasteiger partial charge in [-0.3, -0.25) is 4.79 Å². The number of carbonyl (C=O) groups excluding carboxylic acids is 1. The molecule has 0 aliphatic carbocycles. The fraction of sp³-hybridized carbons (Fsp3) is 0.226. The van der Waals surface area contributed by atoms with E-state index in [4.69, 9.17) is 9.26 Å². The van der Waals surface area contributed by atoms with Crippen molar-refractivity contribution in [2.45, 2.75) is 39.3 Å². The molecular formula is C31H30N4O4. The molecule has 3 aromatic carbocycles. The first-order chi connectivity index (χ1) is 19.0. The Kier molecular flexibility index (Phi) is 7.94. The molecule has 8 heteroatoms. The van der Waals surface area contributed by atoms with Crippen LogP contribution < -0.4 is 0 Å². The number of aryl methyl sites for hydroxylation is 2. The quantitative estimate of drug-likeness (QED) is 0.240. The van der Waals surface area contributed by atoms with E-state index in [0.29, 0.717) is 48.7 Å². The summed E-state index contributed by atoms with van der Waals surface area (Å²) >= 11 is 0. The Hall–Kier alpha value is -4.56. The van der Waals surface area contributed by atoms with Gasteiger partial charge in [0.15, 0.2) is 5.76 Å². The minimum absolute atomic E-state index is 0.180. The van der Waals surface area contributed by atoms with E-state index in [0.717, 1.165) is 27.8 Å². The third-order valence-corrected chi connectivity index (χ3v) is 6.56. The molecule has 1 atom stereocenters. The summed E-state index contributed by atoms with van der Waals surface area (Å²) in [4.78, 5) is 11.6. The number of ether oxygens (including phenoxy) is 1. The van der Waals surface area contributed by atoms with Gasteiger partial charge < -0.3 is 14.4 Å². The van der Waals surface area contributed by atoms with E-state index in [-0.39, 0.29) is 5.97 Å². The molecule has 0 saturated carbocycles. The fourth-order valence-corrected chi connectivity index (χ4v) is 4.50. The van der Waals surface area contributed by atoms with E-state index in [1.165, 1.54) is 0 Å². The van der Waals surface area contributed by atoms with Crippen molar-refractivity contribution >= 4 is 5.97 Å². The van der Waals surface area contributed by atoms with Crippen molar-refractivity contribution in [3.05, 3.63) is 113 Å². The Bertz CT molecular complexity index is 1520. The van der Waals surface area contributed by atoms with Gasteiger partial charge in [-0.05, 0) is 42.5 Å². The van der Waals surface area contributed by atoms with E-state index in [1.807, 2.05) is 85.8 Å². The van der Waals surface area contributed by atoms with E-state index in [1.54, 1.807) is 17.8 Å². The molecule has 5 rings (SSSR count). The monoisotopic (exact) mass is 522 g/mol. The molecule has 5 aromatic rings. The second-order valence-electron chi connectivity index (χ2n) is 9.32.